The lowest BCUT2D eigenvalue weighted by atomic mass is 9.65. The minimum Gasteiger partial charge on any atom is -0.481 e. The van der Waals surface area contributed by atoms with Gasteiger partial charge in [-0.05, 0) is 36.7 Å². The molecule has 1 N–H and O–H groups in total. The van der Waals surface area contributed by atoms with Gasteiger partial charge in [0.2, 0.25) is 5.88 Å². The van der Waals surface area contributed by atoms with Crippen molar-refractivity contribution in [3.05, 3.63) is 29.2 Å². The molecule has 2 aromatic heterocycles. The molecule has 0 bridgehead atoms. The maximum atomic E-state index is 13.7. The Morgan fingerprint density at radius 1 is 1.35 bits per heavy atom. The Labute approximate surface area is 200 Å². The van der Waals surface area contributed by atoms with E-state index in [1.165, 1.54) is 11.3 Å². The van der Waals surface area contributed by atoms with Gasteiger partial charge in [-0.3, -0.25) is 14.1 Å². The summed E-state index contributed by atoms with van der Waals surface area (Å²) < 4.78 is 56.6. The molecule has 0 aromatic carbocycles. The molecule has 0 spiro atoms. The lowest BCUT2D eigenvalue weighted by molar-refractivity contribution is -0.157. The number of rotatable bonds is 9. The van der Waals surface area contributed by atoms with E-state index in [-0.39, 0.29) is 41.3 Å². The summed E-state index contributed by atoms with van der Waals surface area (Å²) in [6.45, 7) is 3.80. The van der Waals surface area contributed by atoms with Crippen LogP contribution in [0.1, 0.15) is 44.9 Å². The zero-order chi connectivity index (χ0) is 25.1. The van der Waals surface area contributed by atoms with Gasteiger partial charge in [0.25, 0.3) is 0 Å². The summed E-state index contributed by atoms with van der Waals surface area (Å²) in [5.74, 6) is -1.98. The Morgan fingerprint density at radius 3 is 2.71 bits per heavy atom. The van der Waals surface area contributed by atoms with Crippen molar-refractivity contribution in [3.8, 4) is 16.5 Å². The predicted molar refractivity (Wildman–Crippen MR) is 120 cm³/mol. The first-order chi connectivity index (χ1) is 15.9. The van der Waals surface area contributed by atoms with E-state index in [1.807, 2.05) is 4.90 Å². The smallest absolute Gasteiger partial charge is 0.388 e. The highest BCUT2D eigenvalue weighted by molar-refractivity contribution is 7.15. The molecule has 6 nitrogen and oxygen atoms in total. The maximum absolute atomic E-state index is 13.7. The van der Waals surface area contributed by atoms with Crippen LogP contribution < -0.4 is 4.74 Å². The number of aliphatic carboxylic acids is 1. The molecule has 1 saturated heterocycles. The lowest BCUT2D eigenvalue weighted by Gasteiger charge is -2.48. The predicted octanol–water partition coefficient (Wildman–Crippen LogP) is 5.63. The van der Waals surface area contributed by atoms with Crippen LogP contribution in [0.3, 0.4) is 0 Å². The zero-order valence-corrected chi connectivity index (χ0v) is 20.2. The number of carboxylic acid groups (broad SMARTS) is 1. The van der Waals surface area contributed by atoms with Crippen LogP contribution in [0.4, 0.5) is 17.6 Å². The molecular formula is C23H29F4N3O3S. The van der Waals surface area contributed by atoms with Crippen LogP contribution in [-0.4, -0.2) is 52.3 Å². The topological polar surface area (TPSA) is 75.5 Å². The molecule has 1 fully saturated rings. The molecule has 188 valence electrons. The Balaban J connectivity index is 1.86. The highest BCUT2D eigenvalue weighted by Crippen LogP contribution is 2.45. The van der Waals surface area contributed by atoms with Crippen molar-refractivity contribution in [2.45, 2.75) is 53.2 Å². The van der Waals surface area contributed by atoms with Gasteiger partial charge < -0.3 is 9.84 Å². The van der Waals surface area contributed by atoms with Gasteiger partial charge >= 0.3 is 12.6 Å². The molecule has 3 rings (SSSR count). The monoisotopic (exact) mass is 503 g/mol. The fraction of sp³-hybridized carbons (Fsp3) is 0.609. The molecule has 0 aliphatic carbocycles. The molecule has 1 aliphatic heterocycles. The molecule has 0 radical (unpaired) electrons. The fourth-order valence-corrected chi connectivity index (χ4v) is 5.40. The summed E-state index contributed by atoms with van der Waals surface area (Å²) in [7, 11) is 0. The van der Waals surface area contributed by atoms with E-state index in [1.54, 1.807) is 6.20 Å². The summed E-state index contributed by atoms with van der Waals surface area (Å²) in [6, 6.07) is 1.04. The average Bonchev–Trinajstić information content (AvgIpc) is 3.20. The number of thiazole rings is 1. The molecule has 2 aromatic rings. The largest absolute Gasteiger partial charge is 0.481 e. The van der Waals surface area contributed by atoms with E-state index in [0.717, 1.165) is 17.1 Å². The van der Waals surface area contributed by atoms with Crippen LogP contribution in [0.15, 0.2) is 18.5 Å². The second-order valence-corrected chi connectivity index (χ2v) is 10.9. The van der Waals surface area contributed by atoms with Gasteiger partial charge in [0.15, 0.2) is 0 Å². The molecule has 34 heavy (non-hydrogen) atoms. The Hall–Kier alpha value is -2.27. The van der Waals surface area contributed by atoms with Gasteiger partial charge in [-0.25, -0.2) is 14.4 Å². The van der Waals surface area contributed by atoms with E-state index in [0.29, 0.717) is 19.5 Å². The maximum Gasteiger partial charge on any atom is 0.388 e. The van der Waals surface area contributed by atoms with Crippen LogP contribution in [-0.2, 0) is 11.3 Å². The van der Waals surface area contributed by atoms with Crippen molar-refractivity contribution in [1.82, 2.24) is 14.9 Å². The number of piperidine rings is 1. The fourth-order valence-electron chi connectivity index (χ4n) is 4.44. The highest BCUT2D eigenvalue weighted by Gasteiger charge is 2.47. The van der Waals surface area contributed by atoms with E-state index in [9.17, 15) is 27.5 Å². The molecule has 0 amide bonds. The van der Waals surface area contributed by atoms with E-state index in [2.05, 4.69) is 35.5 Å². The van der Waals surface area contributed by atoms with Gasteiger partial charge in [-0.2, -0.15) is 8.78 Å². The number of carbonyl (C=O) groups is 1. The van der Waals surface area contributed by atoms with Crippen molar-refractivity contribution in [1.29, 1.82) is 0 Å². The van der Waals surface area contributed by atoms with E-state index < -0.39 is 36.4 Å². The van der Waals surface area contributed by atoms with Crippen LogP contribution >= 0.6 is 11.3 Å². The van der Waals surface area contributed by atoms with Gasteiger partial charge in [0, 0.05) is 30.7 Å². The Bertz CT molecular complexity index is 998. The number of carboxylic acids is 1. The van der Waals surface area contributed by atoms with E-state index in [4.69, 9.17) is 0 Å². The third-order valence-electron chi connectivity index (χ3n) is 6.29. The first-order valence-electron chi connectivity index (χ1n) is 11.0. The number of halogens is 4. The third-order valence-corrected chi connectivity index (χ3v) is 7.31. The number of hydrogen-bond donors (Lipinski definition) is 1. The number of nitrogens with zero attached hydrogens (tertiary/aromatic N) is 3. The van der Waals surface area contributed by atoms with Crippen molar-refractivity contribution in [2.75, 3.05) is 19.8 Å². The van der Waals surface area contributed by atoms with Gasteiger partial charge in [0.1, 0.15) is 10.8 Å². The summed E-state index contributed by atoms with van der Waals surface area (Å²) in [5.41, 5.74) is -1.19. The first kappa shape index (κ1) is 26.3. The van der Waals surface area contributed by atoms with Crippen LogP contribution in [0.25, 0.3) is 10.6 Å². The Kier molecular flexibility index (Phi) is 8.18. The van der Waals surface area contributed by atoms with Crippen molar-refractivity contribution in [3.63, 3.8) is 0 Å². The first-order valence-corrected chi connectivity index (χ1v) is 11.8. The average molecular weight is 504 g/mol. The SMILES string of the molecule is CC(C)(C)C1CN(Cc2cnc(-c3cc(F)cnc3OC(F)F)s2)C[C@](CCCF)(C(=O)O)C1. The van der Waals surface area contributed by atoms with Gasteiger partial charge in [-0.15, -0.1) is 11.3 Å². The number of ether oxygens (including phenoxy) is 1. The van der Waals surface area contributed by atoms with Crippen molar-refractivity contribution in [2.24, 2.45) is 16.7 Å². The Morgan fingerprint density at radius 2 is 2.09 bits per heavy atom. The quantitative estimate of drug-likeness (QED) is 0.447. The number of hydrogen-bond acceptors (Lipinski definition) is 6. The molecule has 1 unspecified atom stereocenters. The number of pyridine rings is 1. The molecule has 2 atom stereocenters. The minimum atomic E-state index is -3.12. The second kappa shape index (κ2) is 10.6. The van der Waals surface area contributed by atoms with Gasteiger partial charge in [-0.1, -0.05) is 20.8 Å². The number of aromatic nitrogens is 2. The van der Waals surface area contributed by atoms with Crippen LogP contribution in [0, 0.1) is 22.6 Å². The van der Waals surface area contributed by atoms with E-state index >= 15 is 0 Å². The standard InChI is InChI=1S/C23H29F4N3O3S/c1-22(2,3)14-8-23(20(31)32,5-4-6-24)13-30(11-14)12-16-10-29-19(34-16)17-7-15(25)9-28-18(17)33-21(26)27/h7,9-10,14,21H,4-6,8,11-13H2,1-3H3,(H,31,32)/t14?,23-/m1/s1. The minimum absolute atomic E-state index is 0.0191. The molecule has 0 saturated carbocycles. The normalized spacial score (nSPS) is 21.7. The zero-order valence-electron chi connectivity index (χ0n) is 19.4. The summed E-state index contributed by atoms with van der Waals surface area (Å²) in [6.07, 6.45) is 3.25. The summed E-state index contributed by atoms with van der Waals surface area (Å²) >= 11 is 1.17. The molecule has 3 heterocycles. The lowest BCUT2D eigenvalue weighted by Crippen LogP contribution is -2.53. The molecule has 1 aliphatic rings. The summed E-state index contributed by atoms with van der Waals surface area (Å²) in [5, 5.41) is 10.4. The summed E-state index contributed by atoms with van der Waals surface area (Å²) in [4.78, 5) is 23.0. The van der Waals surface area contributed by atoms with Gasteiger partial charge in [0.05, 0.1) is 23.8 Å². The van der Waals surface area contributed by atoms with Crippen molar-refractivity contribution < 1.29 is 32.2 Å². The van der Waals surface area contributed by atoms with Crippen LogP contribution in [0.5, 0.6) is 5.88 Å². The number of alkyl halides is 3. The highest BCUT2D eigenvalue weighted by atomic mass is 32.1. The van der Waals surface area contributed by atoms with Crippen molar-refractivity contribution >= 4 is 17.3 Å². The molecule has 11 heteroatoms. The second-order valence-electron chi connectivity index (χ2n) is 9.83. The van der Waals surface area contributed by atoms with Crippen LogP contribution in [0.2, 0.25) is 0 Å². The molecular weight excluding hydrogens is 474 g/mol. The third kappa shape index (κ3) is 6.24. The number of likely N-dealkylation sites (tertiary alicyclic amines) is 1.